The van der Waals surface area contributed by atoms with Gasteiger partial charge in [0.25, 0.3) is 0 Å². The van der Waals surface area contributed by atoms with E-state index in [0.717, 1.165) is 29.8 Å². The van der Waals surface area contributed by atoms with Crippen LogP contribution in [0.3, 0.4) is 0 Å². The van der Waals surface area contributed by atoms with Gasteiger partial charge in [-0.1, -0.05) is 63.8 Å². The third-order valence-electron chi connectivity index (χ3n) is 4.21. The molecule has 0 bridgehead atoms. The first-order valence-electron chi connectivity index (χ1n) is 8.84. The fraction of sp³-hybridized carbons (Fsp3) is 0.500. The van der Waals surface area contributed by atoms with Crippen molar-refractivity contribution in [3.8, 4) is 11.4 Å². The molecule has 0 radical (unpaired) electrons. The monoisotopic (exact) mass is 312 g/mol. The maximum absolute atomic E-state index is 9.83. The zero-order valence-corrected chi connectivity index (χ0v) is 14.3. The minimum absolute atomic E-state index is 0.389. The van der Waals surface area contributed by atoms with Gasteiger partial charge in [0, 0.05) is 18.0 Å². The third-order valence-corrected chi connectivity index (χ3v) is 4.21. The van der Waals surface area contributed by atoms with Crippen molar-refractivity contribution >= 4 is 0 Å². The maximum atomic E-state index is 9.83. The van der Waals surface area contributed by atoms with Crippen molar-refractivity contribution in [1.29, 1.82) is 0 Å². The first-order valence-corrected chi connectivity index (χ1v) is 8.84. The van der Waals surface area contributed by atoms with Crippen LogP contribution in [0.4, 0.5) is 0 Å². The number of aromatic nitrogens is 2. The minimum Gasteiger partial charge on any atom is -0.388 e. The number of rotatable bonds is 9. The number of aryl methyl sites for hydroxylation is 1. The highest BCUT2D eigenvalue weighted by Crippen LogP contribution is 2.21. The van der Waals surface area contributed by atoms with Gasteiger partial charge in [0.05, 0.1) is 6.10 Å². The van der Waals surface area contributed by atoms with Crippen LogP contribution in [0.5, 0.6) is 0 Å². The summed E-state index contributed by atoms with van der Waals surface area (Å²) in [6, 6.07) is 7.87. The molecule has 0 spiro atoms. The molecule has 3 nitrogen and oxygen atoms in total. The van der Waals surface area contributed by atoms with E-state index in [-0.39, 0.29) is 6.10 Å². The van der Waals surface area contributed by atoms with E-state index >= 15 is 0 Å². The third kappa shape index (κ3) is 5.43. The molecule has 0 fully saturated rings. The van der Waals surface area contributed by atoms with Gasteiger partial charge in [-0.15, -0.1) is 0 Å². The average molecular weight is 312 g/mol. The molecule has 124 valence electrons. The molecule has 1 unspecified atom stereocenters. The Balaban J connectivity index is 1.91. The van der Waals surface area contributed by atoms with Gasteiger partial charge in [-0.05, 0) is 30.4 Å². The van der Waals surface area contributed by atoms with E-state index in [1.165, 1.54) is 37.7 Å². The van der Waals surface area contributed by atoms with Crippen molar-refractivity contribution in [2.24, 2.45) is 0 Å². The molecule has 3 heteroatoms. The van der Waals surface area contributed by atoms with Gasteiger partial charge in [0.2, 0.25) is 0 Å². The SMILES string of the molecule is CCCCCCCc1cnc(-c2ccc(C(O)CC)cc2)nc1. The Bertz CT molecular complexity index is 563. The van der Waals surface area contributed by atoms with Crippen LogP contribution >= 0.6 is 0 Å². The van der Waals surface area contributed by atoms with Crippen LogP contribution in [-0.2, 0) is 6.42 Å². The largest absolute Gasteiger partial charge is 0.388 e. The van der Waals surface area contributed by atoms with Crippen molar-refractivity contribution in [2.45, 2.75) is 64.9 Å². The Morgan fingerprint density at radius 2 is 1.57 bits per heavy atom. The molecule has 1 aromatic heterocycles. The number of hydrogen-bond donors (Lipinski definition) is 1. The summed E-state index contributed by atoms with van der Waals surface area (Å²) in [6.07, 6.45) is 11.7. The number of hydrogen-bond acceptors (Lipinski definition) is 3. The van der Waals surface area contributed by atoms with E-state index in [2.05, 4.69) is 16.9 Å². The molecule has 0 saturated heterocycles. The quantitative estimate of drug-likeness (QED) is 0.655. The van der Waals surface area contributed by atoms with Gasteiger partial charge in [-0.2, -0.15) is 0 Å². The Morgan fingerprint density at radius 1 is 0.913 bits per heavy atom. The summed E-state index contributed by atoms with van der Waals surface area (Å²) in [4.78, 5) is 8.97. The summed E-state index contributed by atoms with van der Waals surface area (Å²) in [5, 5.41) is 9.83. The van der Waals surface area contributed by atoms with Crippen molar-refractivity contribution in [2.75, 3.05) is 0 Å². The van der Waals surface area contributed by atoms with E-state index in [1.807, 2.05) is 43.6 Å². The number of nitrogens with zero attached hydrogens (tertiary/aromatic N) is 2. The molecule has 0 aliphatic heterocycles. The lowest BCUT2D eigenvalue weighted by atomic mass is 10.0. The van der Waals surface area contributed by atoms with Gasteiger partial charge in [0.15, 0.2) is 5.82 Å². The molecule has 0 aliphatic rings. The summed E-state index contributed by atoms with van der Waals surface area (Å²) in [5.74, 6) is 0.747. The fourth-order valence-corrected chi connectivity index (χ4v) is 2.66. The second-order valence-corrected chi connectivity index (χ2v) is 6.13. The second kappa shape index (κ2) is 9.41. The Hall–Kier alpha value is -1.74. The molecule has 1 N–H and O–H groups in total. The molecule has 2 rings (SSSR count). The summed E-state index contributed by atoms with van der Waals surface area (Å²) in [7, 11) is 0. The Kier molecular flexibility index (Phi) is 7.21. The second-order valence-electron chi connectivity index (χ2n) is 6.13. The molecule has 1 atom stereocenters. The zero-order valence-electron chi connectivity index (χ0n) is 14.3. The number of aliphatic hydroxyl groups excluding tert-OH is 1. The predicted molar refractivity (Wildman–Crippen MR) is 95.2 cm³/mol. The van der Waals surface area contributed by atoms with Crippen LogP contribution in [0.15, 0.2) is 36.7 Å². The molecule has 1 heterocycles. The standard InChI is InChI=1S/C20H28N2O/c1-3-5-6-7-8-9-16-14-21-20(22-15-16)18-12-10-17(11-13-18)19(23)4-2/h10-15,19,23H,3-9H2,1-2H3. The summed E-state index contributed by atoms with van der Waals surface area (Å²) >= 11 is 0. The highest BCUT2D eigenvalue weighted by molar-refractivity contribution is 5.55. The fourth-order valence-electron chi connectivity index (χ4n) is 2.66. The lowest BCUT2D eigenvalue weighted by Crippen LogP contribution is -1.96. The van der Waals surface area contributed by atoms with Crippen LogP contribution in [0.25, 0.3) is 11.4 Å². The summed E-state index contributed by atoms with van der Waals surface area (Å²) in [6.45, 7) is 4.21. The summed E-state index contributed by atoms with van der Waals surface area (Å²) in [5.41, 5.74) is 3.15. The predicted octanol–water partition coefficient (Wildman–Crippen LogP) is 5.10. The number of unbranched alkanes of at least 4 members (excludes halogenated alkanes) is 4. The molecular weight excluding hydrogens is 284 g/mol. The highest BCUT2D eigenvalue weighted by Gasteiger charge is 2.06. The van der Waals surface area contributed by atoms with Crippen LogP contribution in [0, 0.1) is 0 Å². The van der Waals surface area contributed by atoms with E-state index in [0.29, 0.717) is 0 Å². The zero-order chi connectivity index (χ0) is 16.5. The first-order chi connectivity index (χ1) is 11.2. The molecular formula is C20H28N2O. The van der Waals surface area contributed by atoms with Crippen molar-refractivity contribution in [1.82, 2.24) is 9.97 Å². The lowest BCUT2D eigenvalue weighted by Gasteiger charge is -2.08. The number of benzene rings is 1. The summed E-state index contributed by atoms with van der Waals surface area (Å²) < 4.78 is 0. The maximum Gasteiger partial charge on any atom is 0.159 e. The van der Waals surface area contributed by atoms with Crippen LogP contribution in [-0.4, -0.2) is 15.1 Å². The molecule has 0 saturated carbocycles. The van der Waals surface area contributed by atoms with Gasteiger partial charge in [-0.3, -0.25) is 0 Å². The smallest absolute Gasteiger partial charge is 0.159 e. The van der Waals surface area contributed by atoms with E-state index in [9.17, 15) is 5.11 Å². The molecule has 1 aromatic carbocycles. The molecule has 2 aromatic rings. The van der Waals surface area contributed by atoms with Crippen molar-refractivity contribution < 1.29 is 5.11 Å². The first kappa shape index (κ1) is 17.6. The minimum atomic E-state index is -0.389. The average Bonchev–Trinajstić information content (AvgIpc) is 2.61. The van der Waals surface area contributed by atoms with Crippen LogP contribution in [0.1, 0.15) is 69.6 Å². The van der Waals surface area contributed by atoms with Gasteiger partial charge in [-0.25, -0.2) is 9.97 Å². The van der Waals surface area contributed by atoms with Gasteiger partial charge < -0.3 is 5.11 Å². The van der Waals surface area contributed by atoms with E-state index in [1.54, 1.807) is 0 Å². The van der Waals surface area contributed by atoms with Crippen LogP contribution < -0.4 is 0 Å². The normalized spacial score (nSPS) is 12.3. The Labute approximate surface area is 139 Å². The number of aliphatic hydroxyl groups is 1. The van der Waals surface area contributed by atoms with E-state index in [4.69, 9.17) is 0 Å². The van der Waals surface area contributed by atoms with Gasteiger partial charge in [0.1, 0.15) is 0 Å². The molecule has 0 amide bonds. The van der Waals surface area contributed by atoms with Crippen molar-refractivity contribution in [3.05, 3.63) is 47.8 Å². The molecule has 23 heavy (non-hydrogen) atoms. The van der Waals surface area contributed by atoms with Gasteiger partial charge >= 0.3 is 0 Å². The van der Waals surface area contributed by atoms with Crippen LogP contribution in [0.2, 0.25) is 0 Å². The molecule has 0 aliphatic carbocycles. The Morgan fingerprint density at radius 3 is 2.17 bits per heavy atom. The lowest BCUT2D eigenvalue weighted by molar-refractivity contribution is 0.173. The topological polar surface area (TPSA) is 46.0 Å². The van der Waals surface area contributed by atoms with E-state index < -0.39 is 0 Å². The van der Waals surface area contributed by atoms with Crippen molar-refractivity contribution in [3.63, 3.8) is 0 Å². The highest BCUT2D eigenvalue weighted by atomic mass is 16.3.